The summed E-state index contributed by atoms with van der Waals surface area (Å²) in [6, 6.07) is 5.89. The average molecular weight is 309 g/mol. The highest BCUT2D eigenvalue weighted by Gasteiger charge is 2.25. The molecule has 5 heteroatoms. The van der Waals surface area contributed by atoms with E-state index >= 15 is 0 Å². The Morgan fingerprint density at radius 2 is 2.25 bits per heavy atom. The van der Waals surface area contributed by atoms with Crippen molar-refractivity contribution >= 4 is 44.6 Å². The van der Waals surface area contributed by atoms with Gasteiger partial charge in [-0.3, -0.25) is 4.79 Å². The van der Waals surface area contributed by atoms with Crippen molar-refractivity contribution in [1.29, 1.82) is 0 Å². The van der Waals surface area contributed by atoms with Crippen LogP contribution >= 0.6 is 22.9 Å². The van der Waals surface area contributed by atoms with Crippen LogP contribution < -0.4 is 11.1 Å². The van der Waals surface area contributed by atoms with Crippen molar-refractivity contribution in [3.05, 3.63) is 28.1 Å². The molecule has 2 unspecified atom stereocenters. The first kappa shape index (κ1) is 13.7. The summed E-state index contributed by atoms with van der Waals surface area (Å²) in [5, 5.41) is 4.49. The maximum absolute atomic E-state index is 12.4. The van der Waals surface area contributed by atoms with Crippen molar-refractivity contribution in [2.45, 2.75) is 32.2 Å². The predicted molar refractivity (Wildman–Crippen MR) is 85.5 cm³/mol. The minimum atomic E-state index is -0.0705. The van der Waals surface area contributed by atoms with Crippen LogP contribution in [0.5, 0.6) is 0 Å². The molecule has 1 saturated carbocycles. The van der Waals surface area contributed by atoms with Gasteiger partial charge in [-0.05, 0) is 37.3 Å². The van der Waals surface area contributed by atoms with Crippen LogP contribution in [0, 0.1) is 5.92 Å². The first-order chi connectivity index (χ1) is 9.56. The summed E-state index contributed by atoms with van der Waals surface area (Å²) in [7, 11) is 0. The lowest BCUT2D eigenvalue weighted by molar-refractivity contribution is 0.0942. The number of nitrogen functional groups attached to an aromatic ring is 1. The summed E-state index contributed by atoms with van der Waals surface area (Å²) >= 11 is 7.57. The van der Waals surface area contributed by atoms with E-state index in [0.717, 1.165) is 22.9 Å². The molecule has 2 aromatic rings. The highest BCUT2D eigenvalue weighted by molar-refractivity contribution is 7.21. The molecule has 2 atom stereocenters. The third kappa shape index (κ3) is 2.38. The molecule has 1 aromatic carbocycles. The number of halogens is 1. The number of hydrogen-bond donors (Lipinski definition) is 2. The van der Waals surface area contributed by atoms with Gasteiger partial charge < -0.3 is 11.1 Å². The smallest absolute Gasteiger partial charge is 0.263 e. The summed E-state index contributed by atoms with van der Waals surface area (Å²) in [5.41, 5.74) is 6.61. The lowest BCUT2D eigenvalue weighted by Crippen LogP contribution is -2.32. The molecule has 106 valence electrons. The molecule has 1 aromatic heterocycles. The van der Waals surface area contributed by atoms with Gasteiger partial charge in [0.25, 0.3) is 5.91 Å². The van der Waals surface area contributed by atoms with Crippen LogP contribution in [0.1, 0.15) is 35.9 Å². The molecule has 3 nitrogen and oxygen atoms in total. The molecule has 0 radical (unpaired) electrons. The van der Waals surface area contributed by atoms with E-state index in [2.05, 4.69) is 12.2 Å². The summed E-state index contributed by atoms with van der Waals surface area (Å²) in [6.07, 6.45) is 3.29. The maximum atomic E-state index is 12.4. The zero-order valence-corrected chi connectivity index (χ0v) is 12.9. The quantitative estimate of drug-likeness (QED) is 0.879. The number of nitrogens with two attached hydrogens (primary N) is 1. The van der Waals surface area contributed by atoms with Crippen molar-refractivity contribution in [2.75, 3.05) is 5.73 Å². The van der Waals surface area contributed by atoms with Gasteiger partial charge in [0.2, 0.25) is 0 Å². The topological polar surface area (TPSA) is 55.1 Å². The fourth-order valence-corrected chi connectivity index (χ4v) is 4.27. The third-order valence-electron chi connectivity index (χ3n) is 3.94. The van der Waals surface area contributed by atoms with Crippen molar-refractivity contribution < 1.29 is 4.79 Å². The van der Waals surface area contributed by atoms with Crippen LogP contribution in [0.4, 0.5) is 5.69 Å². The SMILES string of the molecule is CC1CCC(NC(=O)c2sc3cccc(Cl)c3c2N)C1. The van der Waals surface area contributed by atoms with E-state index in [1.54, 1.807) is 6.07 Å². The Morgan fingerprint density at radius 3 is 2.90 bits per heavy atom. The fourth-order valence-electron chi connectivity index (χ4n) is 2.89. The number of carbonyl (C=O) groups excluding carboxylic acids is 1. The molecule has 1 aliphatic rings. The molecule has 1 aliphatic carbocycles. The van der Waals surface area contributed by atoms with Gasteiger partial charge in [0.15, 0.2) is 0 Å². The number of amides is 1. The number of fused-ring (bicyclic) bond motifs is 1. The minimum Gasteiger partial charge on any atom is -0.397 e. The normalized spacial score (nSPS) is 22.3. The summed E-state index contributed by atoms with van der Waals surface area (Å²) in [5.74, 6) is 0.619. The average Bonchev–Trinajstić information content (AvgIpc) is 2.95. The van der Waals surface area contributed by atoms with Gasteiger partial charge in [-0.15, -0.1) is 11.3 Å². The number of rotatable bonds is 2. The first-order valence-corrected chi connectivity index (χ1v) is 8.03. The molecule has 0 aliphatic heterocycles. The zero-order valence-electron chi connectivity index (χ0n) is 11.3. The Labute approximate surface area is 127 Å². The molecule has 0 bridgehead atoms. The van der Waals surface area contributed by atoms with Crippen LogP contribution in [0.25, 0.3) is 10.1 Å². The van der Waals surface area contributed by atoms with E-state index < -0.39 is 0 Å². The van der Waals surface area contributed by atoms with Crippen LogP contribution in [0.2, 0.25) is 5.02 Å². The highest BCUT2D eigenvalue weighted by atomic mass is 35.5. The molecule has 1 fully saturated rings. The monoisotopic (exact) mass is 308 g/mol. The first-order valence-electron chi connectivity index (χ1n) is 6.83. The predicted octanol–water partition coefficient (Wildman–Crippen LogP) is 4.06. The molecular formula is C15H17ClN2OS. The van der Waals surface area contributed by atoms with Crippen molar-refractivity contribution in [3.8, 4) is 0 Å². The lowest BCUT2D eigenvalue weighted by Gasteiger charge is -2.11. The Morgan fingerprint density at radius 1 is 1.45 bits per heavy atom. The number of nitrogens with one attached hydrogen (secondary N) is 1. The Bertz CT molecular complexity index is 667. The van der Waals surface area contributed by atoms with Crippen molar-refractivity contribution in [1.82, 2.24) is 5.32 Å². The van der Waals surface area contributed by atoms with E-state index in [-0.39, 0.29) is 11.9 Å². The van der Waals surface area contributed by atoms with Crippen LogP contribution in [0.3, 0.4) is 0 Å². The number of anilines is 1. The van der Waals surface area contributed by atoms with Gasteiger partial charge in [0, 0.05) is 16.1 Å². The molecule has 0 saturated heterocycles. The van der Waals surface area contributed by atoms with Gasteiger partial charge in [0.1, 0.15) is 4.88 Å². The van der Waals surface area contributed by atoms with Gasteiger partial charge in [-0.2, -0.15) is 0 Å². The second kappa shape index (κ2) is 5.26. The number of benzene rings is 1. The highest BCUT2D eigenvalue weighted by Crippen LogP contribution is 2.38. The lowest BCUT2D eigenvalue weighted by atomic mass is 10.1. The third-order valence-corrected chi connectivity index (χ3v) is 5.42. The van der Waals surface area contributed by atoms with Gasteiger partial charge in [-0.25, -0.2) is 0 Å². The second-order valence-corrected chi connectivity index (χ2v) is 7.01. The van der Waals surface area contributed by atoms with Crippen LogP contribution in [-0.2, 0) is 0 Å². The van der Waals surface area contributed by atoms with E-state index in [0.29, 0.717) is 21.5 Å². The second-order valence-electron chi connectivity index (χ2n) is 5.55. The molecule has 1 heterocycles. The Balaban J connectivity index is 1.88. The van der Waals surface area contributed by atoms with Crippen LogP contribution in [-0.4, -0.2) is 11.9 Å². The van der Waals surface area contributed by atoms with Crippen LogP contribution in [0.15, 0.2) is 18.2 Å². The summed E-state index contributed by atoms with van der Waals surface area (Å²) < 4.78 is 0.958. The molecular weight excluding hydrogens is 292 g/mol. The van der Waals surface area contributed by atoms with E-state index in [1.165, 1.54) is 17.8 Å². The number of carbonyl (C=O) groups is 1. The molecule has 0 spiro atoms. The van der Waals surface area contributed by atoms with E-state index in [4.69, 9.17) is 17.3 Å². The number of hydrogen-bond acceptors (Lipinski definition) is 3. The molecule has 3 rings (SSSR count). The zero-order chi connectivity index (χ0) is 14.3. The standard InChI is InChI=1S/C15H17ClN2OS/c1-8-5-6-9(7-8)18-15(19)14-13(17)12-10(16)3-2-4-11(12)20-14/h2-4,8-9H,5-7,17H2,1H3,(H,18,19). The maximum Gasteiger partial charge on any atom is 0.263 e. The van der Waals surface area contributed by atoms with Crippen molar-refractivity contribution in [2.24, 2.45) is 5.92 Å². The van der Waals surface area contributed by atoms with Gasteiger partial charge in [0.05, 0.1) is 10.7 Å². The largest absolute Gasteiger partial charge is 0.397 e. The van der Waals surface area contributed by atoms with Gasteiger partial charge >= 0.3 is 0 Å². The summed E-state index contributed by atoms with van der Waals surface area (Å²) in [6.45, 7) is 2.22. The Hall–Kier alpha value is -1.26. The van der Waals surface area contributed by atoms with Crippen molar-refractivity contribution in [3.63, 3.8) is 0 Å². The molecule has 20 heavy (non-hydrogen) atoms. The molecule has 1 amide bonds. The number of thiophene rings is 1. The minimum absolute atomic E-state index is 0.0705. The van der Waals surface area contributed by atoms with E-state index in [9.17, 15) is 4.79 Å². The summed E-state index contributed by atoms with van der Waals surface area (Å²) in [4.78, 5) is 13.0. The van der Waals surface area contributed by atoms with E-state index in [1.807, 2.05) is 12.1 Å². The van der Waals surface area contributed by atoms with Gasteiger partial charge in [-0.1, -0.05) is 24.6 Å². The molecule has 3 N–H and O–H groups in total. The fraction of sp³-hybridized carbons (Fsp3) is 0.400. The Kier molecular flexibility index (Phi) is 3.61.